The van der Waals surface area contributed by atoms with E-state index in [9.17, 15) is 18.0 Å². The van der Waals surface area contributed by atoms with Crippen LogP contribution in [0.3, 0.4) is 0 Å². The molecule has 2 aromatic rings. The Morgan fingerprint density at radius 3 is 2.78 bits per heavy atom. The van der Waals surface area contributed by atoms with Crippen molar-refractivity contribution in [2.75, 3.05) is 17.3 Å². The van der Waals surface area contributed by atoms with Crippen molar-refractivity contribution < 1.29 is 13.2 Å². The molecule has 1 amide bonds. The summed E-state index contributed by atoms with van der Waals surface area (Å²) in [7, 11) is -3.09. The van der Waals surface area contributed by atoms with Gasteiger partial charge in [0, 0.05) is 6.04 Å². The highest BCUT2D eigenvalue weighted by atomic mass is 32.2. The zero-order valence-electron chi connectivity index (χ0n) is 15.0. The number of amides is 1. The molecule has 0 spiro atoms. The second-order valence-corrected chi connectivity index (χ2v) is 10.7. The second-order valence-electron chi connectivity index (χ2n) is 7.56. The quantitative estimate of drug-likeness (QED) is 0.596. The molecule has 1 aliphatic carbocycles. The SMILES string of the molecule is C[C@]1(NC(=O)CSc2nc3ccccc3c(=O)n2C2CC2)CCS(=O)(=O)C1. The second kappa shape index (κ2) is 6.63. The van der Waals surface area contributed by atoms with E-state index in [-0.39, 0.29) is 34.8 Å². The van der Waals surface area contributed by atoms with Crippen molar-refractivity contribution >= 4 is 38.4 Å². The van der Waals surface area contributed by atoms with Crippen LogP contribution in [0.1, 0.15) is 32.2 Å². The number of para-hydroxylation sites is 1. The number of benzene rings is 1. The van der Waals surface area contributed by atoms with Crippen LogP contribution in [0, 0.1) is 0 Å². The first kappa shape index (κ1) is 18.5. The van der Waals surface area contributed by atoms with Crippen molar-refractivity contribution in [3.8, 4) is 0 Å². The van der Waals surface area contributed by atoms with Gasteiger partial charge < -0.3 is 5.32 Å². The van der Waals surface area contributed by atoms with E-state index in [0.717, 1.165) is 12.8 Å². The van der Waals surface area contributed by atoms with E-state index in [4.69, 9.17) is 0 Å². The van der Waals surface area contributed by atoms with E-state index in [0.29, 0.717) is 22.5 Å². The predicted octanol–water partition coefficient (Wildman–Crippen LogP) is 1.52. The normalized spacial score (nSPS) is 24.2. The van der Waals surface area contributed by atoms with E-state index >= 15 is 0 Å². The summed E-state index contributed by atoms with van der Waals surface area (Å²) >= 11 is 1.22. The molecule has 1 saturated heterocycles. The summed E-state index contributed by atoms with van der Waals surface area (Å²) in [5, 5.41) is 3.97. The number of carbonyl (C=O) groups is 1. The summed E-state index contributed by atoms with van der Waals surface area (Å²) in [5.74, 6) is -0.0843. The summed E-state index contributed by atoms with van der Waals surface area (Å²) < 4.78 is 25.1. The van der Waals surface area contributed by atoms with Gasteiger partial charge in [-0.15, -0.1) is 0 Å². The van der Waals surface area contributed by atoms with E-state index in [1.165, 1.54) is 11.8 Å². The van der Waals surface area contributed by atoms with Crippen molar-refractivity contribution in [2.24, 2.45) is 0 Å². The molecule has 1 aromatic heterocycles. The molecule has 1 saturated carbocycles. The molecule has 2 heterocycles. The monoisotopic (exact) mass is 407 g/mol. The molecule has 1 aromatic carbocycles. The molecule has 1 N–H and O–H groups in total. The lowest BCUT2D eigenvalue weighted by atomic mass is 10.0. The maximum absolute atomic E-state index is 12.8. The Bertz CT molecular complexity index is 1080. The lowest BCUT2D eigenvalue weighted by molar-refractivity contribution is -0.120. The molecule has 4 rings (SSSR count). The number of carbonyl (C=O) groups excluding carboxylic acids is 1. The van der Waals surface area contributed by atoms with Crippen LogP contribution >= 0.6 is 11.8 Å². The summed E-state index contributed by atoms with van der Waals surface area (Å²) in [4.78, 5) is 29.8. The van der Waals surface area contributed by atoms with Gasteiger partial charge in [0.25, 0.3) is 5.56 Å². The molecule has 27 heavy (non-hydrogen) atoms. The fourth-order valence-corrected chi connectivity index (χ4v) is 6.45. The van der Waals surface area contributed by atoms with Gasteiger partial charge in [-0.2, -0.15) is 0 Å². The Morgan fingerprint density at radius 1 is 1.37 bits per heavy atom. The van der Waals surface area contributed by atoms with Crippen LogP contribution < -0.4 is 10.9 Å². The highest BCUT2D eigenvalue weighted by molar-refractivity contribution is 7.99. The van der Waals surface area contributed by atoms with Gasteiger partial charge in [0.1, 0.15) is 0 Å². The molecule has 0 bridgehead atoms. The van der Waals surface area contributed by atoms with Crippen LogP contribution in [-0.4, -0.2) is 46.7 Å². The molecule has 9 heteroatoms. The highest BCUT2D eigenvalue weighted by Crippen LogP contribution is 2.36. The fraction of sp³-hybridized carbons (Fsp3) is 0.500. The zero-order valence-corrected chi connectivity index (χ0v) is 16.6. The minimum absolute atomic E-state index is 0.0303. The number of rotatable bonds is 5. The van der Waals surface area contributed by atoms with Crippen molar-refractivity contribution in [3.63, 3.8) is 0 Å². The van der Waals surface area contributed by atoms with Crippen LogP contribution in [0.15, 0.2) is 34.2 Å². The van der Waals surface area contributed by atoms with E-state index in [2.05, 4.69) is 10.3 Å². The van der Waals surface area contributed by atoms with Gasteiger partial charge in [-0.1, -0.05) is 23.9 Å². The molecular weight excluding hydrogens is 386 g/mol. The summed E-state index contributed by atoms with van der Waals surface area (Å²) in [6.45, 7) is 1.76. The van der Waals surface area contributed by atoms with Gasteiger partial charge in [0.15, 0.2) is 15.0 Å². The largest absolute Gasteiger partial charge is 0.349 e. The molecule has 1 aliphatic heterocycles. The average Bonchev–Trinajstić information content (AvgIpc) is 3.38. The smallest absolute Gasteiger partial charge is 0.262 e. The molecular formula is C18H21N3O4S2. The van der Waals surface area contributed by atoms with Gasteiger partial charge in [0.05, 0.1) is 33.7 Å². The van der Waals surface area contributed by atoms with E-state index < -0.39 is 15.4 Å². The first-order chi connectivity index (χ1) is 12.8. The topological polar surface area (TPSA) is 98.1 Å². The number of nitrogens with one attached hydrogen (secondary N) is 1. The van der Waals surface area contributed by atoms with Crippen molar-refractivity contribution in [1.29, 1.82) is 0 Å². The highest BCUT2D eigenvalue weighted by Gasteiger charge is 2.39. The van der Waals surface area contributed by atoms with E-state index in [1.807, 2.05) is 12.1 Å². The van der Waals surface area contributed by atoms with Gasteiger partial charge in [0.2, 0.25) is 5.91 Å². The predicted molar refractivity (Wildman–Crippen MR) is 105 cm³/mol. The Balaban J connectivity index is 1.53. The van der Waals surface area contributed by atoms with Crippen LogP contribution in [0.2, 0.25) is 0 Å². The minimum Gasteiger partial charge on any atom is -0.349 e. The third kappa shape index (κ3) is 3.89. The summed E-state index contributed by atoms with van der Waals surface area (Å²) in [6, 6.07) is 7.37. The van der Waals surface area contributed by atoms with Crippen LogP contribution in [-0.2, 0) is 14.6 Å². The van der Waals surface area contributed by atoms with Gasteiger partial charge in [-0.05, 0) is 38.3 Å². The molecule has 0 unspecified atom stereocenters. The lowest BCUT2D eigenvalue weighted by Crippen LogP contribution is -2.47. The number of hydrogen-bond acceptors (Lipinski definition) is 6. The van der Waals surface area contributed by atoms with Crippen LogP contribution in [0.4, 0.5) is 0 Å². The Labute approximate surface area is 161 Å². The maximum atomic E-state index is 12.8. The van der Waals surface area contributed by atoms with E-state index in [1.54, 1.807) is 23.6 Å². The first-order valence-corrected chi connectivity index (χ1v) is 11.7. The third-order valence-corrected chi connectivity index (χ3v) is 7.82. The standard InChI is InChI=1S/C18H21N3O4S2/c1-18(8-9-27(24,25)11-18)20-15(22)10-26-17-19-14-5-3-2-4-13(14)16(23)21(17)12-6-7-12/h2-5,12H,6-11H2,1H3,(H,20,22)/t18-/m0/s1. The zero-order chi connectivity index (χ0) is 19.2. The average molecular weight is 408 g/mol. The minimum atomic E-state index is -3.09. The number of aromatic nitrogens is 2. The molecule has 2 fully saturated rings. The number of fused-ring (bicyclic) bond motifs is 1. The summed E-state index contributed by atoms with van der Waals surface area (Å²) in [5.41, 5.74) is -0.167. The van der Waals surface area contributed by atoms with Crippen LogP contribution in [0.25, 0.3) is 10.9 Å². The molecule has 144 valence electrons. The molecule has 1 atom stereocenters. The van der Waals surface area contributed by atoms with Gasteiger partial charge >= 0.3 is 0 Å². The summed E-state index contributed by atoms with van der Waals surface area (Å²) in [6.07, 6.45) is 2.30. The lowest BCUT2D eigenvalue weighted by Gasteiger charge is -2.23. The third-order valence-electron chi connectivity index (χ3n) is 4.96. The Kier molecular flexibility index (Phi) is 4.54. The number of sulfone groups is 1. The number of thioether (sulfide) groups is 1. The fourth-order valence-electron chi connectivity index (χ4n) is 3.49. The maximum Gasteiger partial charge on any atom is 0.262 e. The number of nitrogens with zero attached hydrogens (tertiary/aromatic N) is 2. The Hall–Kier alpha value is -1.87. The van der Waals surface area contributed by atoms with Crippen molar-refractivity contribution in [3.05, 3.63) is 34.6 Å². The van der Waals surface area contributed by atoms with Crippen molar-refractivity contribution in [1.82, 2.24) is 14.9 Å². The van der Waals surface area contributed by atoms with Gasteiger partial charge in [-0.3, -0.25) is 14.2 Å². The van der Waals surface area contributed by atoms with Crippen molar-refractivity contribution in [2.45, 2.75) is 42.9 Å². The van der Waals surface area contributed by atoms with Gasteiger partial charge in [-0.25, -0.2) is 13.4 Å². The molecule has 2 aliphatic rings. The first-order valence-electron chi connectivity index (χ1n) is 8.92. The van der Waals surface area contributed by atoms with Crippen LogP contribution in [0.5, 0.6) is 0 Å². The Morgan fingerprint density at radius 2 is 2.11 bits per heavy atom. The molecule has 7 nitrogen and oxygen atoms in total. The molecule has 0 radical (unpaired) electrons. The number of hydrogen-bond donors (Lipinski definition) is 1.